The smallest absolute Gasteiger partial charge is 0.0233 e. The molecule has 2 rings (SSSR count). The summed E-state index contributed by atoms with van der Waals surface area (Å²) in [6.45, 7) is 6.04. The van der Waals surface area contributed by atoms with Gasteiger partial charge in [0.25, 0.3) is 0 Å². The van der Waals surface area contributed by atoms with Crippen molar-refractivity contribution >= 4 is 0 Å². The van der Waals surface area contributed by atoms with Crippen LogP contribution >= 0.6 is 0 Å². The molecule has 0 radical (unpaired) electrons. The number of benzene rings is 1. The Balaban J connectivity index is 0.00000112. The van der Waals surface area contributed by atoms with E-state index in [1.54, 1.807) is 0 Å². The first-order valence-corrected chi connectivity index (χ1v) is 5.61. The number of piperidine rings is 1. The second kappa shape index (κ2) is 5.86. The van der Waals surface area contributed by atoms with E-state index in [4.69, 9.17) is 0 Å². The zero-order chi connectivity index (χ0) is 9.80. The minimum atomic E-state index is 0. The highest BCUT2D eigenvalue weighted by molar-refractivity contribution is 5.14. The highest BCUT2D eigenvalue weighted by Crippen LogP contribution is 2.17. The van der Waals surface area contributed by atoms with Crippen LogP contribution in [0, 0.1) is 5.92 Å². The fourth-order valence-electron chi connectivity index (χ4n) is 2.27. The second-order valence-electron chi connectivity index (χ2n) is 4.47. The molecule has 1 aliphatic heterocycles. The van der Waals surface area contributed by atoms with Gasteiger partial charge < -0.3 is 0 Å². The van der Waals surface area contributed by atoms with Crippen LogP contribution in [0.25, 0.3) is 0 Å². The lowest BCUT2D eigenvalue weighted by molar-refractivity contribution is 0.176. The minimum absolute atomic E-state index is 0. The van der Waals surface area contributed by atoms with Crippen molar-refractivity contribution in [3.8, 4) is 0 Å². The molecule has 1 aromatic carbocycles. The summed E-state index contributed by atoms with van der Waals surface area (Å²) in [7, 11) is 0. The molecule has 1 saturated heterocycles. The minimum Gasteiger partial charge on any atom is -0.299 e. The van der Waals surface area contributed by atoms with Crippen molar-refractivity contribution in [1.82, 2.24) is 4.90 Å². The standard InChI is InChI=1S/C13H19N.FH/c1-12-6-5-9-14(10-12)11-13-7-3-2-4-8-13;/h2-4,7-8,12H,5-6,9-11H2,1H3;1H. The van der Waals surface area contributed by atoms with Crippen LogP contribution in [-0.4, -0.2) is 18.0 Å². The van der Waals surface area contributed by atoms with E-state index in [2.05, 4.69) is 42.2 Å². The third-order valence-electron chi connectivity index (χ3n) is 2.99. The van der Waals surface area contributed by atoms with E-state index in [0.717, 1.165) is 12.5 Å². The zero-order valence-corrected chi connectivity index (χ0v) is 9.36. The predicted molar refractivity (Wildman–Crippen MR) is 62.6 cm³/mol. The predicted octanol–water partition coefficient (Wildman–Crippen LogP) is 3.07. The molecule has 1 aliphatic rings. The molecule has 1 unspecified atom stereocenters. The van der Waals surface area contributed by atoms with Gasteiger partial charge in [0, 0.05) is 13.1 Å². The first-order chi connectivity index (χ1) is 6.84. The highest BCUT2D eigenvalue weighted by Gasteiger charge is 2.15. The fourth-order valence-corrected chi connectivity index (χ4v) is 2.27. The van der Waals surface area contributed by atoms with Gasteiger partial charge in [0.2, 0.25) is 0 Å². The summed E-state index contributed by atoms with van der Waals surface area (Å²) in [4.78, 5) is 2.57. The molecule has 1 fully saturated rings. The largest absolute Gasteiger partial charge is 0.299 e. The van der Waals surface area contributed by atoms with Crippen LogP contribution in [0.4, 0.5) is 4.70 Å². The molecule has 1 heterocycles. The average molecular weight is 209 g/mol. The fraction of sp³-hybridized carbons (Fsp3) is 0.538. The maximum absolute atomic E-state index is 2.57. The van der Waals surface area contributed by atoms with E-state index in [1.165, 1.54) is 31.5 Å². The number of halogens is 1. The maximum Gasteiger partial charge on any atom is 0.0233 e. The Morgan fingerprint density at radius 3 is 2.67 bits per heavy atom. The molecular weight excluding hydrogens is 189 g/mol. The van der Waals surface area contributed by atoms with Crippen LogP contribution in [0.1, 0.15) is 25.3 Å². The van der Waals surface area contributed by atoms with Gasteiger partial charge in [0.1, 0.15) is 0 Å². The van der Waals surface area contributed by atoms with Crippen LogP contribution in [0.5, 0.6) is 0 Å². The summed E-state index contributed by atoms with van der Waals surface area (Å²) in [5.74, 6) is 0.882. The molecule has 0 spiro atoms. The van der Waals surface area contributed by atoms with Gasteiger partial charge in [-0.2, -0.15) is 0 Å². The molecule has 2 heteroatoms. The van der Waals surface area contributed by atoms with E-state index in [0.29, 0.717) is 0 Å². The molecule has 15 heavy (non-hydrogen) atoms. The van der Waals surface area contributed by atoms with Crippen molar-refractivity contribution in [2.45, 2.75) is 26.3 Å². The second-order valence-corrected chi connectivity index (χ2v) is 4.47. The lowest BCUT2D eigenvalue weighted by atomic mass is 10.00. The quantitative estimate of drug-likeness (QED) is 0.723. The van der Waals surface area contributed by atoms with Crippen LogP contribution in [-0.2, 0) is 6.54 Å². The summed E-state index contributed by atoms with van der Waals surface area (Å²) in [5, 5.41) is 0. The van der Waals surface area contributed by atoms with Crippen molar-refractivity contribution in [2.75, 3.05) is 13.1 Å². The number of rotatable bonds is 2. The lowest BCUT2D eigenvalue weighted by Gasteiger charge is -2.30. The average Bonchev–Trinajstić information content (AvgIpc) is 2.19. The molecule has 0 amide bonds. The van der Waals surface area contributed by atoms with Crippen LogP contribution in [0.15, 0.2) is 30.3 Å². The summed E-state index contributed by atoms with van der Waals surface area (Å²) in [6, 6.07) is 10.8. The van der Waals surface area contributed by atoms with Crippen molar-refractivity contribution in [1.29, 1.82) is 0 Å². The molecule has 0 aromatic heterocycles. The van der Waals surface area contributed by atoms with Crippen molar-refractivity contribution < 1.29 is 4.70 Å². The first kappa shape index (κ1) is 12.2. The third-order valence-corrected chi connectivity index (χ3v) is 2.99. The molecular formula is C13H20FN. The molecule has 1 atom stereocenters. The zero-order valence-electron chi connectivity index (χ0n) is 9.36. The van der Waals surface area contributed by atoms with Crippen LogP contribution < -0.4 is 0 Å². The summed E-state index contributed by atoms with van der Waals surface area (Å²) in [6.07, 6.45) is 2.78. The van der Waals surface area contributed by atoms with Gasteiger partial charge in [-0.1, -0.05) is 37.3 Å². The molecule has 0 aliphatic carbocycles. The lowest BCUT2D eigenvalue weighted by Crippen LogP contribution is -2.33. The Kier molecular flexibility index (Phi) is 4.76. The monoisotopic (exact) mass is 209 g/mol. The molecule has 0 saturated carbocycles. The molecule has 1 aromatic rings. The van der Waals surface area contributed by atoms with Crippen molar-refractivity contribution in [3.05, 3.63) is 35.9 Å². The number of likely N-dealkylation sites (tertiary alicyclic amines) is 1. The molecule has 0 bridgehead atoms. The van der Waals surface area contributed by atoms with E-state index >= 15 is 0 Å². The SMILES string of the molecule is CC1CCCN(Cc2ccccc2)C1.F. The first-order valence-electron chi connectivity index (χ1n) is 5.61. The van der Waals surface area contributed by atoms with Crippen LogP contribution in [0.2, 0.25) is 0 Å². The van der Waals surface area contributed by atoms with Crippen molar-refractivity contribution in [3.63, 3.8) is 0 Å². The molecule has 84 valence electrons. The van der Waals surface area contributed by atoms with Gasteiger partial charge in [0.05, 0.1) is 0 Å². The number of hydrogen-bond donors (Lipinski definition) is 0. The van der Waals surface area contributed by atoms with E-state index in [1.807, 2.05) is 0 Å². The van der Waals surface area contributed by atoms with Gasteiger partial charge in [-0.15, -0.1) is 0 Å². The number of hydrogen-bond acceptors (Lipinski definition) is 1. The Hall–Kier alpha value is -0.890. The number of nitrogens with zero attached hydrogens (tertiary/aromatic N) is 1. The Morgan fingerprint density at radius 1 is 1.27 bits per heavy atom. The van der Waals surface area contributed by atoms with E-state index in [-0.39, 0.29) is 4.70 Å². The normalized spacial score (nSPS) is 22.1. The van der Waals surface area contributed by atoms with E-state index < -0.39 is 0 Å². The van der Waals surface area contributed by atoms with Gasteiger partial charge in [-0.3, -0.25) is 9.60 Å². The van der Waals surface area contributed by atoms with E-state index in [9.17, 15) is 0 Å². The topological polar surface area (TPSA) is 3.24 Å². The molecule has 1 nitrogen and oxygen atoms in total. The summed E-state index contributed by atoms with van der Waals surface area (Å²) in [5.41, 5.74) is 1.45. The van der Waals surface area contributed by atoms with Gasteiger partial charge in [0.15, 0.2) is 0 Å². The Labute approximate surface area is 91.5 Å². The van der Waals surface area contributed by atoms with Gasteiger partial charge in [-0.25, -0.2) is 0 Å². The summed E-state index contributed by atoms with van der Waals surface area (Å²) < 4.78 is 0. The highest BCUT2D eigenvalue weighted by atomic mass is 19.0. The third kappa shape index (κ3) is 3.63. The van der Waals surface area contributed by atoms with Gasteiger partial charge >= 0.3 is 0 Å². The summed E-state index contributed by atoms with van der Waals surface area (Å²) >= 11 is 0. The Bertz CT molecular complexity index is 273. The maximum atomic E-state index is 2.57. The van der Waals surface area contributed by atoms with Crippen molar-refractivity contribution in [2.24, 2.45) is 5.92 Å². The van der Waals surface area contributed by atoms with Gasteiger partial charge in [-0.05, 0) is 30.9 Å². The van der Waals surface area contributed by atoms with Crippen LogP contribution in [0.3, 0.4) is 0 Å². The molecule has 0 N–H and O–H groups in total. The Morgan fingerprint density at radius 2 is 2.00 bits per heavy atom.